The van der Waals surface area contributed by atoms with Crippen LogP contribution in [0.25, 0.3) is 0 Å². The Hall–Kier alpha value is -2.54. The predicted molar refractivity (Wildman–Crippen MR) is 118 cm³/mol. The minimum atomic E-state index is -0.874. The van der Waals surface area contributed by atoms with Crippen LogP contribution in [0.15, 0.2) is 91.0 Å². The third kappa shape index (κ3) is 4.15. The molecule has 3 aromatic rings. The summed E-state index contributed by atoms with van der Waals surface area (Å²) in [6.45, 7) is 0.152. The van der Waals surface area contributed by atoms with Gasteiger partial charge in [0.1, 0.15) is 23.9 Å². The van der Waals surface area contributed by atoms with Crippen molar-refractivity contribution in [2.45, 2.75) is 30.2 Å². The largest absolute Gasteiger partial charge is 0.387 e. The fourth-order valence-electron chi connectivity index (χ4n) is 4.26. The zero-order valence-corrected chi connectivity index (χ0v) is 17.8. The Morgan fingerprint density at radius 3 is 1.55 bits per heavy atom. The average Bonchev–Trinajstić information content (AvgIpc) is 3.16. The quantitative estimate of drug-likeness (QED) is 0.563. The summed E-state index contributed by atoms with van der Waals surface area (Å²) in [5.74, 6) is 0. The summed E-state index contributed by atoms with van der Waals surface area (Å²) in [4.78, 5) is 0. The van der Waals surface area contributed by atoms with Crippen LogP contribution < -0.4 is 0 Å². The zero-order chi connectivity index (χ0) is 21.7. The highest BCUT2D eigenvalue weighted by atomic mass is 16.7. The van der Waals surface area contributed by atoms with Crippen LogP contribution in [-0.4, -0.2) is 50.5 Å². The Labute approximate surface area is 183 Å². The molecule has 1 saturated heterocycles. The van der Waals surface area contributed by atoms with Crippen LogP contribution >= 0.6 is 0 Å². The van der Waals surface area contributed by atoms with Crippen LogP contribution in [0.3, 0.4) is 0 Å². The number of methoxy groups -OCH3 is 2. The predicted octanol–water partition coefficient (Wildman–Crippen LogP) is 3.74. The lowest BCUT2D eigenvalue weighted by Gasteiger charge is -2.37. The van der Waals surface area contributed by atoms with Crippen LogP contribution in [0.4, 0.5) is 0 Å². The third-order valence-corrected chi connectivity index (χ3v) is 5.80. The van der Waals surface area contributed by atoms with Gasteiger partial charge in [-0.05, 0) is 16.7 Å². The summed E-state index contributed by atoms with van der Waals surface area (Å²) in [5, 5.41) is 10.7. The lowest BCUT2D eigenvalue weighted by atomic mass is 9.80. The highest BCUT2D eigenvalue weighted by Crippen LogP contribution is 2.41. The van der Waals surface area contributed by atoms with Gasteiger partial charge in [-0.3, -0.25) is 0 Å². The molecule has 4 rings (SSSR count). The number of rotatable bonds is 8. The normalized spacial score (nSPS) is 23.7. The zero-order valence-electron chi connectivity index (χ0n) is 17.8. The molecule has 1 heterocycles. The maximum Gasteiger partial charge on any atom is 0.186 e. The first-order valence-electron chi connectivity index (χ1n) is 10.4. The van der Waals surface area contributed by atoms with Gasteiger partial charge in [-0.15, -0.1) is 0 Å². The number of hydrogen-bond donors (Lipinski definition) is 1. The van der Waals surface area contributed by atoms with Gasteiger partial charge in [-0.2, -0.15) is 0 Å². The van der Waals surface area contributed by atoms with E-state index in [2.05, 4.69) is 36.4 Å². The molecule has 0 bridgehead atoms. The van der Waals surface area contributed by atoms with Crippen molar-refractivity contribution in [1.82, 2.24) is 0 Å². The summed E-state index contributed by atoms with van der Waals surface area (Å²) >= 11 is 0. The molecule has 1 fully saturated rings. The van der Waals surface area contributed by atoms with E-state index in [4.69, 9.17) is 18.9 Å². The summed E-state index contributed by atoms with van der Waals surface area (Å²) in [6.07, 6.45) is -2.67. The second-order valence-electron chi connectivity index (χ2n) is 7.56. The molecule has 3 aromatic carbocycles. The Morgan fingerprint density at radius 1 is 0.742 bits per heavy atom. The van der Waals surface area contributed by atoms with Gasteiger partial charge in [0.05, 0.1) is 6.61 Å². The standard InChI is InChI=1S/C26H28O5/c1-28-24-23(27)22(31-25(24)29-2)18-30-26(19-12-6-3-7-13-19,20-14-8-4-9-15-20)21-16-10-5-11-17-21/h3-17,22-25,27H,18H2,1-2H3/t22-,23+,24-,25?/m1/s1. The van der Waals surface area contributed by atoms with Crippen molar-refractivity contribution in [3.05, 3.63) is 108 Å². The van der Waals surface area contributed by atoms with E-state index in [0.29, 0.717) is 0 Å². The number of aliphatic hydroxyl groups is 1. The van der Waals surface area contributed by atoms with Crippen molar-refractivity contribution in [1.29, 1.82) is 0 Å². The Kier molecular flexibility index (Phi) is 6.80. The van der Waals surface area contributed by atoms with E-state index in [9.17, 15) is 5.11 Å². The van der Waals surface area contributed by atoms with E-state index in [1.165, 1.54) is 14.2 Å². The molecule has 4 atom stereocenters. The molecule has 0 aromatic heterocycles. The van der Waals surface area contributed by atoms with Crippen LogP contribution in [0, 0.1) is 0 Å². The van der Waals surface area contributed by atoms with Gasteiger partial charge in [-0.25, -0.2) is 0 Å². The van der Waals surface area contributed by atoms with E-state index in [1.807, 2.05) is 54.6 Å². The van der Waals surface area contributed by atoms with Gasteiger partial charge in [-0.1, -0.05) is 91.0 Å². The topological polar surface area (TPSA) is 57.2 Å². The van der Waals surface area contributed by atoms with E-state index in [-0.39, 0.29) is 6.61 Å². The van der Waals surface area contributed by atoms with Crippen LogP contribution in [0.1, 0.15) is 16.7 Å². The summed E-state index contributed by atoms with van der Waals surface area (Å²) in [6, 6.07) is 30.3. The maximum atomic E-state index is 10.7. The molecule has 1 aliphatic rings. The van der Waals surface area contributed by atoms with Crippen molar-refractivity contribution in [2.24, 2.45) is 0 Å². The van der Waals surface area contributed by atoms with E-state index < -0.39 is 30.2 Å². The lowest BCUT2D eigenvalue weighted by molar-refractivity contribution is -0.166. The summed E-state index contributed by atoms with van der Waals surface area (Å²) in [7, 11) is 3.07. The molecule has 0 radical (unpaired) electrons. The van der Waals surface area contributed by atoms with Crippen molar-refractivity contribution in [3.63, 3.8) is 0 Å². The third-order valence-electron chi connectivity index (χ3n) is 5.80. The second-order valence-corrected chi connectivity index (χ2v) is 7.56. The fourth-order valence-corrected chi connectivity index (χ4v) is 4.26. The molecular weight excluding hydrogens is 392 g/mol. The van der Waals surface area contributed by atoms with Crippen LogP contribution in [-0.2, 0) is 24.5 Å². The molecule has 1 N–H and O–H groups in total. The van der Waals surface area contributed by atoms with Gasteiger partial charge < -0.3 is 24.1 Å². The molecule has 5 nitrogen and oxygen atoms in total. The lowest BCUT2D eigenvalue weighted by Crippen LogP contribution is -2.40. The van der Waals surface area contributed by atoms with Gasteiger partial charge in [0, 0.05) is 14.2 Å². The van der Waals surface area contributed by atoms with Crippen molar-refractivity contribution in [3.8, 4) is 0 Å². The Bertz CT molecular complexity index is 835. The second kappa shape index (κ2) is 9.73. The van der Waals surface area contributed by atoms with Gasteiger partial charge >= 0.3 is 0 Å². The Morgan fingerprint density at radius 2 is 1.19 bits per heavy atom. The molecule has 0 spiro atoms. The molecular formula is C26H28O5. The summed E-state index contributed by atoms with van der Waals surface area (Å²) in [5.41, 5.74) is 2.10. The smallest absolute Gasteiger partial charge is 0.186 e. The fraction of sp³-hybridized carbons (Fsp3) is 0.308. The van der Waals surface area contributed by atoms with Gasteiger partial charge in [0.25, 0.3) is 0 Å². The van der Waals surface area contributed by atoms with Crippen molar-refractivity contribution in [2.75, 3.05) is 20.8 Å². The highest BCUT2D eigenvalue weighted by molar-refractivity contribution is 5.47. The monoisotopic (exact) mass is 420 g/mol. The molecule has 162 valence electrons. The first kappa shape index (κ1) is 21.7. The Balaban J connectivity index is 1.76. The number of benzene rings is 3. The van der Waals surface area contributed by atoms with Crippen molar-refractivity contribution >= 4 is 0 Å². The van der Waals surface area contributed by atoms with Gasteiger partial charge in [0.2, 0.25) is 0 Å². The van der Waals surface area contributed by atoms with Crippen LogP contribution in [0.5, 0.6) is 0 Å². The van der Waals surface area contributed by atoms with Gasteiger partial charge in [0.15, 0.2) is 6.29 Å². The number of ether oxygens (including phenoxy) is 4. The molecule has 0 amide bonds. The first-order chi connectivity index (χ1) is 15.2. The van der Waals surface area contributed by atoms with E-state index in [1.54, 1.807) is 0 Å². The van der Waals surface area contributed by atoms with Crippen molar-refractivity contribution < 1.29 is 24.1 Å². The molecule has 31 heavy (non-hydrogen) atoms. The average molecular weight is 421 g/mol. The molecule has 1 unspecified atom stereocenters. The minimum absolute atomic E-state index is 0.152. The summed E-state index contributed by atoms with van der Waals surface area (Å²) < 4.78 is 23.4. The molecule has 5 heteroatoms. The molecule has 0 aliphatic carbocycles. The van der Waals surface area contributed by atoms with Crippen LogP contribution in [0.2, 0.25) is 0 Å². The van der Waals surface area contributed by atoms with E-state index in [0.717, 1.165) is 16.7 Å². The SMILES string of the molecule is COC1O[C@H](COC(c2ccccc2)(c2ccccc2)c2ccccc2)[C@H](O)[C@H]1OC. The first-order valence-corrected chi connectivity index (χ1v) is 10.4. The molecule has 0 saturated carbocycles. The van der Waals surface area contributed by atoms with E-state index >= 15 is 0 Å². The number of aliphatic hydroxyl groups excluding tert-OH is 1. The maximum absolute atomic E-state index is 10.7. The molecule has 1 aliphatic heterocycles. The number of hydrogen-bond acceptors (Lipinski definition) is 5. The minimum Gasteiger partial charge on any atom is -0.387 e. The highest BCUT2D eigenvalue weighted by Gasteiger charge is 2.46.